The van der Waals surface area contributed by atoms with Crippen molar-refractivity contribution in [3.63, 3.8) is 0 Å². The van der Waals surface area contributed by atoms with Crippen molar-refractivity contribution in [3.05, 3.63) is 29.3 Å². The Bertz CT molecular complexity index is 456. The summed E-state index contributed by atoms with van der Waals surface area (Å²) in [5.41, 5.74) is 3.31. The highest BCUT2D eigenvalue weighted by molar-refractivity contribution is 5.92. The molecular formula is C16H25N2O+. The molecule has 2 rings (SSSR count). The zero-order valence-corrected chi connectivity index (χ0v) is 12.3. The van der Waals surface area contributed by atoms with Crippen LogP contribution in [0.2, 0.25) is 0 Å². The predicted molar refractivity (Wildman–Crippen MR) is 78.5 cm³/mol. The Morgan fingerprint density at radius 2 is 2.21 bits per heavy atom. The molecule has 1 aliphatic rings. The second-order valence-electron chi connectivity index (χ2n) is 5.99. The lowest BCUT2D eigenvalue weighted by Gasteiger charge is -2.27. The number of rotatable bonds is 3. The number of nitrogens with one attached hydrogen (secondary N) is 2. The lowest BCUT2D eigenvalue weighted by atomic mass is 10.0. The van der Waals surface area contributed by atoms with E-state index in [4.69, 9.17) is 0 Å². The van der Waals surface area contributed by atoms with Gasteiger partial charge in [0.2, 0.25) is 0 Å². The van der Waals surface area contributed by atoms with Crippen molar-refractivity contribution < 1.29 is 9.69 Å². The maximum absolute atomic E-state index is 12.1. The zero-order valence-electron chi connectivity index (χ0n) is 12.3. The number of aryl methyl sites for hydroxylation is 2. The zero-order chi connectivity index (χ0) is 13.8. The Hall–Kier alpha value is -1.35. The van der Waals surface area contributed by atoms with Gasteiger partial charge in [-0.1, -0.05) is 24.6 Å². The summed E-state index contributed by atoms with van der Waals surface area (Å²) in [7, 11) is 0. The van der Waals surface area contributed by atoms with Crippen molar-refractivity contribution >= 4 is 11.6 Å². The van der Waals surface area contributed by atoms with Crippen LogP contribution in [0.4, 0.5) is 5.69 Å². The van der Waals surface area contributed by atoms with Crippen LogP contribution in [-0.2, 0) is 4.79 Å². The van der Waals surface area contributed by atoms with Gasteiger partial charge >= 0.3 is 0 Å². The Kier molecular flexibility index (Phi) is 4.59. The number of piperidine rings is 1. The molecule has 1 unspecified atom stereocenters. The Labute approximate surface area is 116 Å². The summed E-state index contributed by atoms with van der Waals surface area (Å²) in [5.74, 6) is 0.883. The van der Waals surface area contributed by atoms with Crippen LogP contribution in [0.25, 0.3) is 0 Å². The van der Waals surface area contributed by atoms with E-state index in [1.165, 1.54) is 23.3 Å². The molecule has 1 aromatic rings. The van der Waals surface area contributed by atoms with Gasteiger partial charge in [0.1, 0.15) is 0 Å². The van der Waals surface area contributed by atoms with Crippen molar-refractivity contribution in [2.24, 2.45) is 5.92 Å². The number of hydrogen-bond donors (Lipinski definition) is 2. The van der Waals surface area contributed by atoms with Crippen LogP contribution in [0, 0.1) is 19.8 Å². The highest BCUT2D eigenvalue weighted by Crippen LogP contribution is 2.15. The summed E-state index contributed by atoms with van der Waals surface area (Å²) in [6, 6.07) is 6.14. The van der Waals surface area contributed by atoms with Crippen LogP contribution in [0.3, 0.4) is 0 Å². The number of hydrogen-bond acceptors (Lipinski definition) is 1. The van der Waals surface area contributed by atoms with Crippen LogP contribution >= 0.6 is 0 Å². The molecule has 0 radical (unpaired) electrons. The quantitative estimate of drug-likeness (QED) is 0.850. The van der Waals surface area contributed by atoms with E-state index in [2.05, 4.69) is 25.2 Å². The molecule has 0 bridgehead atoms. The Morgan fingerprint density at radius 1 is 1.42 bits per heavy atom. The van der Waals surface area contributed by atoms with Crippen molar-refractivity contribution in [1.82, 2.24) is 0 Å². The van der Waals surface area contributed by atoms with E-state index in [9.17, 15) is 4.79 Å². The average molecular weight is 261 g/mol. The minimum absolute atomic E-state index is 0.135. The molecule has 1 heterocycles. The lowest BCUT2D eigenvalue weighted by molar-refractivity contribution is -0.900. The van der Waals surface area contributed by atoms with Gasteiger partial charge in [-0.2, -0.15) is 0 Å². The molecule has 0 aromatic heterocycles. The van der Waals surface area contributed by atoms with Gasteiger partial charge in [-0.25, -0.2) is 0 Å². The maximum atomic E-state index is 12.1. The molecule has 1 aliphatic heterocycles. The SMILES string of the molecule is Cc1ccc(NC(=O)C[NH+]2CCC[C@@H](C)C2)c(C)c1. The van der Waals surface area contributed by atoms with Crippen molar-refractivity contribution in [3.8, 4) is 0 Å². The first-order valence-electron chi connectivity index (χ1n) is 7.25. The number of likely N-dealkylation sites (tertiary alicyclic amines) is 1. The Morgan fingerprint density at radius 3 is 2.89 bits per heavy atom. The fourth-order valence-electron chi connectivity index (χ4n) is 2.93. The summed E-state index contributed by atoms with van der Waals surface area (Å²) in [6.45, 7) is 9.24. The number of carbonyl (C=O) groups excluding carboxylic acids is 1. The minimum Gasteiger partial charge on any atom is -0.327 e. The van der Waals surface area contributed by atoms with Gasteiger partial charge in [-0.05, 0) is 38.3 Å². The van der Waals surface area contributed by atoms with Gasteiger partial charge < -0.3 is 10.2 Å². The van der Waals surface area contributed by atoms with Gasteiger partial charge in [0.05, 0.1) is 13.1 Å². The average Bonchev–Trinajstić information content (AvgIpc) is 2.33. The van der Waals surface area contributed by atoms with Gasteiger partial charge in [0.15, 0.2) is 6.54 Å². The number of anilines is 1. The summed E-state index contributed by atoms with van der Waals surface area (Å²) in [5, 5.41) is 3.04. The molecule has 0 saturated carbocycles. The largest absolute Gasteiger partial charge is 0.327 e. The van der Waals surface area contributed by atoms with Crippen LogP contribution < -0.4 is 10.2 Å². The van der Waals surface area contributed by atoms with Crippen LogP contribution in [0.1, 0.15) is 30.9 Å². The van der Waals surface area contributed by atoms with Gasteiger partial charge in [0.25, 0.3) is 5.91 Å². The van der Waals surface area contributed by atoms with Gasteiger partial charge in [-0.15, -0.1) is 0 Å². The highest BCUT2D eigenvalue weighted by atomic mass is 16.2. The van der Waals surface area contributed by atoms with Gasteiger partial charge in [0, 0.05) is 11.6 Å². The molecule has 0 spiro atoms. The molecule has 1 aromatic carbocycles. The van der Waals surface area contributed by atoms with E-state index in [0.717, 1.165) is 30.3 Å². The molecule has 3 nitrogen and oxygen atoms in total. The molecule has 0 aliphatic carbocycles. The summed E-state index contributed by atoms with van der Waals surface area (Å²) < 4.78 is 0. The van der Waals surface area contributed by atoms with Crippen LogP contribution in [0.5, 0.6) is 0 Å². The number of carbonyl (C=O) groups is 1. The molecule has 1 saturated heterocycles. The Balaban J connectivity index is 1.90. The van der Waals surface area contributed by atoms with Crippen molar-refractivity contribution in [2.45, 2.75) is 33.6 Å². The van der Waals surface area contributed by atoms with E-state index in [1.54, 1.807) is 0 Å². The number of amides is 1. The molecule has 2 N–H and O–H groups in total. The molecule has 19 heavy (non-hydrogen) atoms. The molecule has 1 fully saturated rings. The lowest BCUT2D eigenvalue weighted by Crippen LogP contribution is -3.14. The van der Waals surface area contributed by atoms with Gasteiger partial charge in [-0.3, -0.25) is 4.79 Å². The summed E-state index contributed by atoms with van der Waals surface area (Å²) >= 11 is 0. The standard InChI is InChI=1S/C16H24N2O/c1-12-6-7-15(14(3)9-12)17-16(19)11-18-8-4-5-13(2)10-18/h6-7,9,13H,4-5,8,10-11H2,1-3H3,(H,17,19)/p+1/t13-/m1/s1. The molecule has 104 valence electrons. The first-order valence-corrected chi connectivity index (χ1v) is 7.25. The smallest absolute Gasteiger partial charge is 0.279 e. The molecule has 1 amide bonds. The van der Waals surface area contributed by atoms with Crippen LogP contribution in [-0.4, -0.2) is 25.5 Å². The van der Waals surface area contributed by atoms with E-state index < -0.39 is 0 Å². The first-order chi connectivity index (χ1) is 9.04. The van der Waals surface area contributed by atoms with E-state index >= 15 is 0 Å². The third-order valence-corrected chi connectivity index (χ3v) is 3.93. The fourth-order valence-corrected chi connectivity index (χ4v) is 2.93. The van der Waals surface area contributed by atoms with E-state index in [1.807, 2.05) is 19.1 Å². The van der Waals surface area contributed by atoms with Crippen molar-refractivity contribution in [2.75, 3.05) is 25.0 Å². The third-order valence-electron chi connectivity index (χ3n) is 3.93. The first kappa shape index (κ1) is 14.1. The monoisotopic (exact) mass is 261 g/mol. The van der Waals surface area contributed by atoms with E-state index in [-0.39, 0.29) is 5.91 Å². The number of benzene rings is 1. The topological polar surface area (TPSA) is 33.5 Å². The fraction of sp³-hybridized carbons (Fsp3) is 0.562. The molecular weight excluding hydrogens is 236 g/mol. The second-order valence-corrected chi connectivity index (χ2v) is 5.99. The summed E-state index contributed by atoms with van der Waals surface area (Å²) in [6.07, 6.45) is 2.55. The highest BCUT2D eigenvalue weighted by Gasteiger charge is 2.22. The minimum atomic E-state index is 0.135. The predicted octanol–water partition coefficient (Wildman–Crippen LogP) is 1.56. The van der Waals surface area contributed by atoms with Crippen molar-refractivity contribution in [1.29, 1.82) is 0 Å². The molecule has 2 atom stereocenters. The third kappa shape index (κ3) is 4.06. The number of quaternary nitrogens is 1. The molecule has 3 heteroatoms. The van der Waals surface area contributed by atoms with E-state index in [0.29, 0.717) is 6.54 Å². The summed E-state index contributed by atoms with van der Waals surface area (Å²) in [4.78, 5) is 13.5. The second kappa shape index (κ2) is 6.20. The maximum Gasteiger partial charge on any atom is 0.279 e. The normalized spacial score (nSPS) is 23.1. The van der Waals surface area contributed by atoms with Crippen LogP contribution in [0.15, 0.2) is 18.2 Å².